The summed E-state index contributed by atoms with van der Waals surface area (Å²) in [6, 6.07) is 8.12. The molecule has 3 aromatic rings. The third-order valence-corrected chi connectivity index (χ3v) is 7.34. The predicted octanol–water partition coefficient (Wildman–Crippen LogP) is 4.49. The van der Waals surface area contributed by atoms with E-state index in [9.17, 15) is 18.0 Å². The Kier molecular flexibility index (Phi) is 8.01. The highest BCUT2D eigenvalue weighted by molar-refractivity contribution is 5.95. The van der Waals surface area contributed by atoms with Crippen LogP contribution in [0.2, 0.25) is 0 Å². The Morgan fingerprint density at radius 1 is 1.03 bits per heavy atom. The molecule has 39 heavy (non-hydrogen) atoms. The fraction of sp³-hybridized carbons (Fsp3) is 0.481. The lowest BCUT2D eigenvalue weighted by atomic mass is 9.89. The molecule has 0 spiro atoms. The molecule has 0 radical (unpaired) electrons. The van der Waals surface area contributed by atoms with E-state index in [1.807, 2.05) is 11.0 Å². The molecule has 1 amide bonds. The number of rotatable bonds is 7. The van der Waals surface area contributed by atoms with Gasteiger partial charge in [-0.15, -0.1) is 0 Å². The molecule has 1 aromatic carbocycles. The van der Waals surface area contributed by atoms with Crippen LogP contribution in [-0.4, -0.2) is 59.1 Å². The zero-order valence-corrected chi connectivity index (χ0v) is 21.7. The van der Waals surface area contributed by atoms with E-state index in [2.05, 4.69) is 30.9 Å². The maximum atomic E-state index is 12.8. The molecule has 1 aliphatic carbocycles. The van der Waals surface area contributed by atoms with Gasteiger partial charge in [-0.05, 0) is 37.8 Å². The van der Waals surface area contributed by atoms with E-state index in [1.54, 1.807) is 31.4 Å². The van der Waals surface area contributed by atoms with Gasteiger partial charge in [0.1, 0.15) is 0 Å². The molecule has 0 bridgehead atoms. The van der Waals surface area contributed by atoms with Crippen LogP contribution in [0.5, 0.6) is 0 Å². The molecule has 3 atom stereocenters. The van der Waals surface area contributed by atoms with Crippen molar-refractivity contribution in [1.82, 2.24) is 25.6 Å². The maximum Gasteiger partial charge on any atom is 0.451 e. The molecule has 2 aliphatic rings. The van der Waals surface area contributed by atoms with E-state index in [-0.39, 0.29) is 24.0 Å². The summed E-state index contributed by atoms with van der Waals surface area (Å²) in [4.78, 5) is 25.5. The van der Waals surface area contributed by atoms with Gasteiger partial charge >= 0.3 is 6.18 Å². The molecule has 208 valence electrons. The minimum Gasteiger partial charge on any atom is -0.424 e. The normalized spacial score (nSPS) is 21.9. The number of anilines is 2. The molecule has 2 aromatic heterocycles. The van der Waals surface area contributed by atoms with Gasteiger partial charge in [0, 0.05) is 49.4 Å². The Balaban J connectivity index is 1.22. The number of alkyl halides is 3. The smallest absolute Gasteiger partial charge is 0.424 e. The Bertz CT molecular complexity index is 1260. The lowest BCUT2D eigenvalue weighted by molar-refractivity contribution is -0.145. The van der Waals surface area contributed by atoms with E-state index in [0.717, 1.165) is 50.6 Å². The van der Waals surface area contributed by atoms with Gasteiger partial charge in [0.25, 0.3) is 11.9 Å². The van der Waals surface area contributed by atoms with E-state index in [0.29, 0.717) is 29.6 Å². The monoisotopic (exact) mass is 543 g/mol. The van der Waals surface area contributed by atoms with Gasteiger partial charge in [0.05, 0.1) is 24.3 Å². The molecule has 3 heterocycles. The molecular formula is C27H32F3N7O2. The number of oxazole rings is 1. The number of amides is 1. The third-order valence-electron chi connectivity index (χ3n) is 7.34. The van der Waals surface area contributed by atoms with Gasteiger partial charge in [-0.3, -0.25) is 4.79 Å². The minimum absolute atomic E-state index is 0.118. The quantitative estimate of drug-likeness (QED) is 0.400. The SMILES string of the molecule is CNC(=O)c1cccc(-c2cnc(N[C@@H]3CCCC[C@H]3N[C@H]3CCCN(c4cnc(C(F)(F)F)nc4)C3)o2)c1. The van der Waals surface area contributed by atoms with E-state index in [1.165, 1.54) is 12.4 Å². The highest BCUT2D eigenvalue weighted by Gasteiger charge is 2.35. The summed E-state index contributed by atoms with van der Waals surface area (Å²) in [5.74, 6) is -0.717. The first-order valence-corrected chi connectivity index (χ1v) is 13.3. The average molecular weight is 544 g/mol. The zero-order chi connectivity index (χ0) is 27.4. The number of nitrogens with one attached hydrogen (secondary N) is 3. The lowest BCUT2D eigenvalue weighted by Crippen LogP contribution is -2.55. The number of hydrogen-bond acceptors (Lipinski definition) is 8. The number of aromatic nitrogens is 3. The average Bonchev–Trinajstić information content (AvgIpc) is 3.42. The van der Waals surface area contributed by atoms with Crippen LogP contribution in [-0.2, 0) is 6.18 Å². The summed E-state index contributed by atoms with van der Waals surface area (Å²) in [6.45, 7) is 1.42. The highest BCUT2D eigenvalue weighted by Crippen LogP contribution is 2.29. The number of carbonyl (C=O) groups excluding carboxylic acids is 1. The van der Waals surface area contributed by atoms with Crippen molar-refractivity contribution in [1.29, 1.82) is 0 Å². The van der Waals surface area contributed by atoms with Crippen LogP contribution >= 0.6 is 0 Å². The number of halogens is 3. The summed E-state index contributed by atoms with van der Waals surface area (Å²) in [6.07, 6.45) is 5.69. The van der Waals surface area contributed by atoms with E-state index >= 15 is 0 Å². The first-order valence-electron chi connectivity index (χ1n) is 13.3. The van der Waals surface area contributed by atoms with Gasteiger partial charge in [-0.2, -0.15) is 13.2 Å². The third kappa shape index (κ3) is 6.49. The number of hydrogen-bond donors (Lipinski definition) is 3. The zero-order valence-electron chi connectivity index (χ0n) is 21.7. The summed E-state index contributed by atoms with van der Waals surface area (Å²) in [7, 11) is 1.59. The lowest BCUT2D eigenvalue weighted by Gasteiger charge is -2.40. The number of benzene rings is 1. The van der Waals surface area contributed by atoms with Crippen molar-refractivity contribution >= 4 is 17.6 Å². The van der Waals surface area contributed by atoms with E-state index in [4.69, 9.17) is 4.42 Å². The molecule has 1 aliphatic heterocycles. The van der Waals surface area contributed by atoms with Gasteiger partial charge < -0.3 is 25.3 Å². The molecule has 9 nitrogen and oxygen atoms in total. The molecule has 12 heteroatoms. The van der Waals surface area contributed by atoms with Crippen molar-refractivity contribution in [2.45, 2.75) is 62.8 Å². The Hall–Kier alpha value is -3.67. The van der Waals surface area contributed by atoms with Crippen molar-refractivity contribution < 1.29 is 22.4 Å². The first-order chi connectivity index (χ1) is 18.8. The predicted molar refractivity (Wildman–Crippen MR) is 140 cm³/mol. The van der Waals surface area contributed by atoms with Crippen molar-refractivity contribution in [3.63, 3.8) is 0 Å². The summed E-state index contributed by atoms with van der Waals surface area (Å²) >= 11 is 0. The summed E-state index contributed by atoms with van der Waals surface area (Å²) < 4.78 is 44.5. The summed E-state index contributed by atoms with van der Waals surface area (Å²) in [5.41, 5.74) is 1.91. The number of piperidine rings is 1. The topological polar surface area (TPSA) is 108 Å². The molecule has 2 fully saturated rings. The largest absolute Gasteiger partial charge is 0.451 e. The van der Waals surface area contributed by atoms with Crippen LogP contribution in [0.3, 0.4) is 0 Å². The Morgan fingerprint density at radius 3 is 2.54 bits per heavy atom. The van der Waals surface area contributed by atoms with Crippen LogP contribution in [0.15, 0.2) is 47.3 Å². The standard InChI is InChI=1S/C27H32F3N7O2/c1-31-24(38)18-7-4-6-17(12-18)23-15-34-26(39-23)36-22-10-3-2-9-21(22)35-19-8-5-11-37(16-19)20-13-32-25(33-14-20)27(28,29)30/h4,6-7,12-15,19,21-22,35H,2-3,5,8-11,16H2,1H3,(H,31,38)(H,34,36)/t19-,21+,22+/m0/s1. The molecule has 1 saturated carbocycles. The van der Waals surface area contributed by atoms with Crippen LogP contribution in [0, 0.1) is 0 Å². The molecule has 3 N–H and O–H groups in total. The molecule has 0 unspecified atom stereocenters. The second-order valence-electron chi connectivity index (χ2n) is 10.0. The second kappa shape index (κ2) is 11.6. The van der Waals surface area contributed by atoms with Crippen molar-refractivity contribution in [2.75, 3.05) is 30.4 Å². The summed E-state index contributed by atoms with van der Waals surface area (Å²) in [5, 5.41) is 9.87. The van der Waals surface area contributed by atoms with Gasteiger partial charge in [0.15, 0.2) is 5.76 Å². The van der Waals surface area contributed by atoms with Gasteiger partial charge in [-0.25, -0.2) is 15.0 Å². The van der Waals surface area contributed by atoms with Crippen LogP contribution in [0.1, 0.15) is 54.7 Å². The number of carbonyl (C=O) groups is 1. The van der Waals surface area contributed by atoms with Crippen molar-refractivity contribution in [3.05, 3.63) is 54.2 Å². The van der Waals surface area contributed by atoms with Crippen molar-refractivity contribution in [3.8, 4) is 11.3 Å². The first kappa shape index (κ1) is 26.9. The van der Waals surface area contributed by atoms with Crippen molar-refractivity contribution in [2.24, 2.45) is 0 Å². The number of nitrogens with zero attached hydrogens (tertiary/aromatic N) is 4. The van der Waals surface area contributed by atoms with Crippen LogP contribution in [0.4, 0.5) is 24.9 Å². The van der Waals surface area contributed by atoms with E-state index < -0.39 is 12.0 Å². The fourth-order valence-electron chi connectivity index (χ4n) is 5.38. The Morgan fingerprint density at radius 2 is 1.79 bits per heavy atom. The van der Waals surface area contributed by atoms with Gasteiger partial charge in [0.2, 0.25) is 5.82 Å². The Labute approximate surface area is 224 Å². The molecule has 5 rings (SSSR count). The highest BCUT2D eigenvalue weighted by atomic mass is 19.4. The molecule has 1 saturated heterocycles. The van der Waals surface area contributed by atoms with Crippen LogP contribution in [0.25, 0.3) is 11.3 Å². The fourth-order valence-corrected chi connectivity index (χ4v) is 5.38. The minimum atomic E-state index is -4.55. The van der Waals surface area contributed by atoms with Gasteiger partial charge in [-0.1, -0.05) is 25.0 Å². The van der Waals surface area contributed by atoms with Crippen LogP contribution < -0.4 is 20.9 Å². The maximum absolute atomic E-state index is 12.8. The molecular weight excluding hydrogens is 511 g/mol. The second-order valence-corrected chi connectivity index (χ2v) is 10.0.